The zero-order valence-electron chi connectivity index (χ0n) is 32.4. The lowest BCUT2D eigenvalue weighted by Gasteiger charge is -2.27. The second kappa shape index (κ2) is 13.5. The Labute approximate surface area is 343 Å². The molecular formula is C57H38N2. The number of nitrogens with zero attached hydrogens (tertiary/aromatic N) is 2. The molecule has 1 heterocycles. The molecule has 2 nitrogen and oxygen atoms in total. The highest BCUT2D eigenvalue weighted by molar-refractivity contribution is 6.33. The molecule has 0 atom stereocenters. The van der Waals surface area contributed by atoms with Crippen molar-refractivity contribution in [2.45, 2.75) is 12.8 Å². The van der Waals surface area contributed by atoms with E-state index in [1.165, 1.54) is 98.7 Å². The van der Waals surface area contributed by atoms with E-state index >= 15 is 0 Å². The van der Waals surface area contributed by atoms with Gasteiger partial charge in [-0.15, -0.1) is 0 Å². The van der Waals surface area contributed by atoms with Gasteiger partial charge in [-0.05, 0) is 143 Å². The molecular weight excluding hydrogens is 713 g/mol. The van der Waals surface area contributed by atoms with Crippen molar-refractivity contribution < 1.29 is 0 Å². The molecule has 9 aromatic carbocycles. The highest BCUT2D eigenvalue weighted by atomic mass is 15.2. The van der Waals surface area contributed by atoms with Crippen molar-refractivity contribution in [3.63, 3.8) is 0 Å². The summed E-state index contributed by atoms with van der Waals surface area (Å²) in [6.07, 6.45) is 8.72. The highest BCUT2D eigenvalue weighted by Gasteiger charge is 2.28. The van der Waals surface area contributed by atoms with E-state index < -0.39 is 0 Å². The summed E-state index contributed by atoms with van der Waals surface area (Å²) < 4.78 is 0. The third-order valence-corrected chi connectivity index (χ3v) is 12.5. The summed E-state index contributed by atoms with van der Waals surface area (Å²) in [5.41, 5.74) is 15.0. The number of rotatable bonds is 6. The summed E-state index contributed by atoms with van der Waals surface area (Å²) in [6, 6.07) is 69.0. The van der Waals surface area contributed by atoms with Crippen LogP contribution in [0.1, 0.15) is 24.0 Å². The van der Waals surface area contributed by atoms with Gasteiger partial charge in [-0.25, -0.2) is 4.98 Å². The predicted molar refractivity (Wildman–Crippen MR) is 250 cm³/mol. The fourth-order valence-corrected chi connectivity index (χ4v) is 10.0. The predicted octanol–water partition coefficient (Wildman–Crippen LogP) is 15.7. The monoisotopic (exact) mass is 750 g/mol. The average Bonchev–Trinajstić information content (AvgIpc) is 3.65. The van der Waals surface area contributed by atoms with Crippen molar-refractivity contribution in [1.82, 2.24) is 4.98 Å². The Morgan fingerprint density at radius 3 is 1.86 bits per heavy atom. The van der Waals surface area contributed by atoms with Gasteiger partial charge in [0.25, 0.3) is 0 Å². The molecule has 2 heteroatoms. The number of anilines is 3. The van der Waals surface area contributed by atoms with Crippen molar-refractivity contribution in [3.05, 3.63) is 218 Å². The van der Waals surface area contributed by atoms with E-state index in [0.717, 1.165) is 30.0 Å². The van der Waals surface area contributed by atoms with Gasteiger partial charge in [0, 0.05) is 17.3 Å². The number of fused-ring (bicyclic) bond motifs is 8. The quantitative estimate of drug-likeness (QED) is 0.157. The minimum absolute atomic E-state index is 0.885. The van der Waals surface area contributed by atoms with Gasteiger partial charge in [0.2, 0.25) is 0 Å². The smallest absolute Gasteiger partial charge is 0.137 e. The Morgan fingerprint density at radius 1 is 0.424 bits per heavy atom. The normalized spacial score (nSPS) is 13.2. The summed E-state index contributed by atoms with van der Waals surface area (Å²) in [6.45, 7) is 0. The molecule has 0 spiro atoms. The molecule has 0 N–H and O–H groups in total. The molecule has 59 heavy (non-hydrogen) atoms. The molecule has 0 fully saturated rings. The van der Waals surface area contributed by atoms with Crippen molar-refractivity contribution in [2.75, 3.05) is 4.90 Å². The lowest BCUT2D eigenvalue weighted by Crippen LogP contribution is -2.12. The standard InChI is InChI=1S/C57H38N2/c1-4-17-37(18-5-1)49-36-50(38-19-6-2-7-20-38)56-45-26-13-12-25-43(45)51-35-40(30-31-47(51)57(56)54(49)39-21-8-3-9-22-39)59(53-29-14-15-34-58-53)52-33-32-46-42-24-11-10-23-41(42)44-27-16-28-48(52)55(44)46/h1-9,11-22,24-36H,10,23H2. The third kappa shape index (κ3) is 5.23. The van der Waals surface area contributed by atoms with Gasteiger partial charge in [0.1, 0.15) is 5.82 Å². The zero-order chi connectivity index (χ0) is 38.9. The van der Waals surface area contributed by atoms with Gasteiger partial charge in [-0.1, -0.05) is 164 Å². The molecule has 10 aromatic rings. The van der Waals surface area contributed by atoms with Crippen LogP contribution in [0.4, 0.5) is 17.2 Å². The van der Waals surface area contributed by atoms with Crippen molar-refractivity contribution >= 4 is 71.4 Å². The van der Waals surface area contributed by atoms with E-state index in [4.69, 9.17) is 4.98 Å². The first-order valence-corrected chi connectivity index (χ1v) is 20.6. The number of allylic oxidation sites excluding steroid dienone is 4. The Kier molecular flexibility index (Phi) is 7.71. The molecule has 0 bridgehead atoms. The molecule has 0 radical (unpaired) electrons. The summed E-state index contributed by atoms with van der Waals surface area (Å²) in [5, 5.41) is 10.0. The van der Waals surface area contributed by atoms with Gasteiger partial charge in [-0.2, -0.15) is 0 Å². The maximum Gasteiger partial charge on any atom is 0.137 e. The fourth-order valence-electron chi connectivity index (χ4n) is 10.0. The van der Waals surface area contributed by atoms with Crippen LogP contribution < -0.4 is 4.90 Å². The van der Waals surface area contributed by atoms with E-state index in [1.54, 1.807) is 0 Å². The molecule has 0 saturated heterocycles. The molecule has 0 aliphatic heterocycles. The van der Waals surface area contributed by atoms with Crippen LogP contribution in [0, 0.1) is 0 Å². The molecule has 0 amide bonds. The SMILES string of the molecule is C1=CC2=C(CC1)c1cccc3c(N(c4ccc5c(c4)c4ccccc4c4c(-c6ccccc6)cc(-c6ccccc6)c(-c6ccccc6)c54)c4ccccn4)ccc2c13. The molecule has 0 unspecified atom stereocenters. The summed E-state index contributed by atoms with van der Waals surface area (Å²) in [4.78, 5) is 7.38. The lowest BCUT2D eigenvalue weighted by atomic mass is 9.81. The van der Waals surface area contributed by atoms with E-state index in [2.05, 4.69) is 199 Å². The van der Waals surface area contributed by atoms with Crippen molar-refractivity contribution in [2.24, 2.45) is 0 Å². The van der Waals surface area contributed by atoms with E-state index in [-0.39, 0.29) is 0 Å². The second-order valence-corrected chi connectivity index (χ2v) is 15.7. The first-order valence-electron chi connectivity index (χ1n) is 20.6. The number of pyridine rings is 1. The Bertz CT molecular complexity index is 3350. The Hall–Kier alpha value is -7.55. The van der Waals surface area contributed by atoms with Gasteiger partial charge in [-0.3, -0.25) is 4.90 Å². The van der Waals surface area contributed by atoms with Crippen LogP contribution in [-0.2, 0) is 0 Å². The van der Waals surface area contributed by atoms with E-state index in [9.17, 15) is 0 Å². The van der Waals surface area contributed by atoms with E-state index in [1.807, 2.05) is 12.3 Å². The number of hydrogen-bond acceptors (Lipinski definition) is 2. The van der Waals surface area contributed by atoms with Gasteiger partial charge in [0.05, 0.1) is 5.69 Å². The number of benzene rings is 9. The van der Waals surface area contributed by atoms with Crippen LogP contribution in [0.5, 0.6) is 0 Å². The van der Waals surface area contributed by atoms with Crippen LogP contribution in [0.25, 0.3) is 87.6 Å². The first kappa shape index (κ1) is 33.6. The first-order chi connectivity index (χ1) is 29.3. The molecule has 2 aliphatic rings. The van der Waals surface area contributed by atoms with Crippen molar-refractivity contribution in [1.29, 1.82) is 0 Å². The van der Waals surface area contributed by atoms with Gasteiger partial charge >= 0.3 is 0 Å². The minimum atomic E-state index is 0.885. The van der Waals surface area contributed by atoms with Crippen LogP contribution >= 0.6 is 0 Å². The molecule has 1 aromatic heterocycles. The van der Waals surface area contributed by atoms with Crippen LogP contribution in [-0.4, -0.2) is 4.98 Å². The summed E-state index contributed by atoms with van der Waals surface area (Å²) in [7, 11) is 0. The number of hydrogen-bond donors (Lipinski definition) is 0. The highest BCUT2D eigenvalue weighted by Crippen LogP contribution is 2.52. The largest absolute Gasteiger partial charge is 0.294 e. The number of aromatic nitrogens is 1. The minimum Gasteiger partial charge on any atom is -0.294 e. The second-order valence-electron chi connectivity index (χ2n) is 15.7. The summed E-state index contributed by atoms with van der Waals surface area (Å²) in [5.74, 6) is 0.885. The molecule has 276 valence electrons. The molecule has 2 aliphatic carbocycles. The topological polar surface area (TPSA) is 16.1 Å². The van der Waals surface area contributed by atoms with Gasteiger partial charge in [0.15, 0.2) is 0 Å². The fraction of sp³-hybridized carbons (Fsp3) is 0.0351. The molecule has 0 saturated carbocycles. The van der Waals surface area contributed by atoms with Crippen LogP contribution in [0.15, 0.2) is 206 Å². The van der Waals surface area contributed by atoms with Crippen LogP contribution in [0.2, 0.25) is 0 Å². The summed E-state index contributed by atoms with van der Waals surface area (Å²) >= 11 is 0. The molecule has 12 rings (SSSR count). The van der Waals surface area contributed by atoms with E-state index in [0.29, 0.717) is 0 Å². The zero-order valence-corrected chi connectivity index (χ0v) is 32.4. The van der Waals surface area contributed by atoms with Gasteiger partial charge < -0.3 is 0 Å². The van der Waals surface area contributed by atoms with Crippen molar-refractivity contribution in [3.8, 4) is 33.4 Å². The third-order valence-electron chi connectivity index (χ3n) is 12.5. The average molecular weight is 751 g/mol. The maximum absolute atomic E-state index is 5.01. The lowest BCUT2D eigenvalue weighted by molar-refractivity contribution is 1.06. The van der Waals surface area contributed by atoms with Crippen LogP contribution in [0.3, 0.4) is 0 Å². The Morgan fingerprint density at radius 2 is 1.10 bits per heavy atom. The Balaban J connectivity index is 1.20. The maximum atomic E-state index is 5.01.